The number of carbonyl (C=O) groups is 2. The number of nitrogens with zero attached hydrogens (tertiary/aromatic N) is 9. The van der Waals surface area contributed by atoms with E-state index in [-0.39, 0.29) is 69.8 Å². The van der Waals surface area contributed by atoms with Crippen LogP contribution in [0.15, 0.2) is 91.4 Å². The van der Waals surface area contributed by atoms with Gasteiger partial charge in [-0.1, -0.05) is 85.3 Å². The largest absolute Gasteiger partial charge is 0.486 e. The monoisotopic (exact) mass is 1130 g/mol. The lowest BCUT2D eigenvalue weighted by atomic mass is 9.96. The van der Waals surface area contributed by atoms with Crippen molar-refractivity contribution in [1.82, 2.24) is 45.5 Å². The van der Waals surface area contributed by atoms with Gasteiger partial charge in [-0.3, -0.25) is 14.6 Å². The Kier molecular flexibility index (Phi) is 16.1. The zero-order valence-electron chi connectivity index (χ0n) is 45.2. The van der Waals surface area contributed by atoms with Crippen LogP contribution in [0.4, 0.5) is 19.6 Å². The van der Waals surface area contributed by atoms with Gasteiger partial charge >= 0.3 is 6.01 Å². The highest BCUT2D eigenvalue weighted by Crippen LogP contribution is 2.50. The van der Waals surface area contributed by atoms with Gasteiger partial charge in [0.2, 0.25) is 12.3 Å². The molecular formula is C60H61ClF2N12O5S. The number of benzene rings is 4. The molecule has 0 aliphatic carbocycles. The van der Waals surface area contributed by atoms with Crippen molar-refractivity contribution >= 4 is 67.1 Å². The lowest BCUT2D eigenvalue weighted by Gasteiger charge is -2.30. The van der Waals surface area contributed by atoms with Gasteiger partial charge in [0.15, 0.2) is 5.75 Å². The van der Waals surface area contributed by atoms with Crippen molar-refractivity contribution in [3.63, 3.8) is 0 Å². The number of rotatable bonds is 15. The van der Waals surface area contributed by atoms with Gasteiger partial charge in [-0.25, -0.2) is 13.5 Å². The number of piperazine rings is 1. The third-order valence-corrected chi connectivity index (χ3v) is 17.1. The first-order valence-electron chi connectivity index (χ1n) is 27.3. The van der Waals surface area contributed by atoms with E-state index in [0.29, 0.717) is 93.8 Å². The fourth-order valence-electron chi connectivity index (χ4n) is 11.5. The van der Waals surface area contributed by atoms with Crippen LogP contribution in [0.25, 0.3) is 54.5 Å². The number of nitrogens with one attached hydrogen (secondary N) is 2. The van der Waals surface area contributed by atoms with Gasteiger partial charge in [-0.05, 0) is 79.5 Å². The van der Waals surface area contributed by atoms with E-state index in [1.807, 2.05) is 86.5 Å². The van der Waals surface area contributed by atoms with Gasteiger partial charge < -0.3 is 40.4 Å². The molecule has 12 rings (SSSR count). The van der Waals surface area contributed by atoms with Crippen molar-refractivity contribution in [2.45, 2.75) is 103 Å². The Bertz CT molecular complexity index is 3660. The summed E-state index contributed by atoms with van der Waals surface area (Å²) >= 11 is 8.38. The highest BCUT2D eigenvalue weighted by atomic mass is 35.5. The van der Waals surface area contributed by atoms with E-state index in [9.17, 15) is 19.2 Å². The first-order chi connectivity index (χ1) is 39.3. The Labute approximate surface area is 476 Å². The standard InChI is InChI=1S/C46H48ClFN10O4S.C14H13FN2O/c1-24(2)40(45(59)56-14-4-5-25(56)3)58-22-36(54-55-58)27-8-6-26(7-9-27)23-61-41-38(31-10-11-35(48)42-37(31)33(19-49)43(50)63-42)34(47)18-32-39(41)52-46(62-30-12-15-60-16-13-30)53-44(32)57-21-28-17-29(57)20-51-28;1-10(17-9-18)11-2-4-12(5-3-11)13-6-7-16-8-14(13)15/h6-11,18,22,24-25,28-30,40,51H,4-5,12-17,20-21,23,50H2,1-3H3;2-10H,1H3,(H,17,18). The number of thiophene rings is 1. The molecule has 5 atom stereocenters. The summed E-state index contributed by atoms with van der Waals surface area (Å²) in [6, 6.07) is 24.3. The number of fused-ring (bicyclic) bond motifs is 4. The third-order valence-electron chi connectivity index (χ3n) is 15.8. The Morgan fingerprint density at radius 3 is 2.48 bits per heavy atom. The SMILES string of the molecule is CC(C)C(C(=O)N1CCCC1C)n1cc(-c2ccc(COc3c(-c4ccc(F)c5sc(N)c(C#N)c45)c(Cl)cc4c(N5CC6CC5CN6)nc(OC5CCOCC5)nc34)cc2)nn1.CC(NC=O)c1ccc(-c2ccncc2F)cc1. The smallest absolute Gasteiger partial charge is 0.319 e. The number of carbonyl (C=O) groups excluding carboxylic acids is 2. The average Bonchev–Trinajstić information content (AvgIpc) is 4.55. The number of nitrogens with two attached hydrogens (primary N) is 1. The van der Waals surface area contributed by atoms with E-state index in [4.69, 9.17) is 41.5 Å². The maximum Gasteiger partial charge on any atom is 0.319 e. The summed E-state index contributed by atoms with van der Waals surface area (Å²) in [7, 11) is 0. The Hall–Kier alpha value is -7.83. The highest BCUT2D eigenvalue weighted by Gasteiger charge is 2.40. The second-order valence-electron chi connectivity index (χ2n) is 21.4. The molecule has 0 radical (unpaired) electrons. The molecule has 4 aliphatic heterocycles. The number of nitriles is 1. The van der Waals surface area contributed by atoms with E-state index in [1.54, 1.807) is 23.0 Å². The molecule has 2 amide bonds. The summed E-state index contributed by atoms with van der Waals surface area (Å²) in [5.41, 5.74) is 12.5. The molecule has 418 valence electrons. The molecule has 4 aromatic carbocycles. The second-order valence-corrected chi connectivity index (χ2v) is 22.8. The molecule has 0 saturated carbocycles. The molecule has 17 nitrogen and oxygen atoms in total. The lowest BCUT2D eigenvalue weighted by Crippen LogP contribution is -2.44. The van der Waals surface area contributed by atoms with Crippen LogP contribution in [0.1, 0.15) is 88.6 Å². The van der Waals surface area contributed by atoms with Gasteiger partial charge in [0, 0.05) is 84.3 Å². The van der Waals surface area contributed by atoms with Crippen molar-refractivity contribution < 1.29 is 32.6 Å². The fraction of sp³-hybridized carbons (Fsp3) is 0.367. The normalized spacial score (nSPS) is 18.7. The van der Waals surface area contributed by atoms with Crippen molar-refractivity contribution in [3.8, 4) is 51.3 Å². The quantitative estimate of drug-likeness (QED) is 0.0816. The minimum absolute atomic E-state index is 0.0229. The molecule has 4 fully saturated rings. The van der Waals surface area contributed by atoms with Crippen LogP contribution in [-0.4, -0.2) is 104 Å². The molecule has 8 heterocycles. The summed E-state index contributed by atoms with van der Waals surface area (Å²) in [5, 5.41) is 27.0. The average molecular weight is 1140 g/mol. The van der Waals surface area contributed by atoms with Crippen LogP contribution >= 0.6 is 22.9 Å². The van der Waals surface area contributed by atoms with Crippen LogP contribution in [-0.2, 0) is 20.9 Å². The number of ether oxygens (including phenoxy) is 3. The van der Waals surface area contributed by atoms with Crippen molar-refractivity contribution in [3.05, 3.63) is 125 Å². The molecular weight excluding hydrogens is 1070 g/mol. The first-order valence-corrected chi connectivity index (χ1v) is 28.5. The molecule has 4 aromatic heterocycles. The maximum atomic E-state index is 15.5. The number of pyridine rings is 1. The van der Waals surface area contributed by atoms with E-state index < -0.39 is 11.9 Å². The molecule has 81 heavy (non-hydrogen) atoms. The highest BCUT2D eigenvalue weighted by molar-refractivity contribution is 7.23. The predicted octanol–water partition coefficient (Wildman–Crippen LogP) is 10.6. The summed E-state index contributed by atoms with van der Waals surface area (Å²) in [6.45, 7) is 11.7. The summed E-state index contributed by atoms with van der Waals surface area (Å²) < 4.78 is 49.9. The number of amides is 2. The maximum absolute atomic E-state index is 15.5. The number of aromatic nitrogens is 6. The number of halogens is 3. The van der Waals surface area contributed by atoms with Crippen molar-refractivity contribution in [1.29, 1.82) is 5.26 Å². The van der Waals surface area contributed by atoms with Crippen molar-refractivity contribution in [2.24, 2.45) is 5.92 Å². The molecule has 4 N–H and O–H groups in total. The molecule has 5 unspecified atom stereocenters. The van der Waals surface area contributed by atoms with Gasteiger partial charge in [-0.2, -0.15) is 15.2 Å². The van der Waals surface area contributed by atoms with E-state index in [1.165, 1.54) is 12.3 Å². The lowest BCUT2D eigenvalue weighted by molar-refractivity contribution is -0.137. The van der Waals surface area contributed by atoms with Gasteiger partial charge in [0.05, 0.1) is 46.9 Å². The van der Waals surface area contributed by atoms with Crippen LogP contribution in [0.3, 0.4) is 0 Å². The number of nitrogen functional groups attached to an aromatic ring is 1. The summed E-state index contributed by atoms with van der Waals surface area (Å²) in [6.07, 6.45) is 9.53. The number of likely N-dealkylation sites (tertiary alicyclic amines) is 1. The minimum atomic E-state index is -0.492. The molecule has 4 aliphatic rings. The molecule has 2 bridgehead atoms. The van der Waals surface area contributed by atoms with E-state index >= 15 is 4.39 Å². The minimum Gasteiger partial charge on any atom is -0.486 e. The zero-order chi connectivity index (χ0) is 56.5. The van der Waals surface area contributed by atoms with E-state index in [0.717, 1.165) is 72.5 Å². The van der Waals surface area contributed by atoms with Crippen LogP contribution < -0.4 is 30.7 Å². The fourth-order valence-corrected chi connectivity index (χ4v) is 12.7. The third kappa shape index (κ3) is 11.2. The Balaban J connectivity index is 0.000000326. The molecule has 8 aromatic rings. The van der Waals surface area contributed by atoms with Crippen LogP contribution in [0.2, 0.25) is 5.02 Å². The van der Waals surface area contributed by atoms with Gasteiger partial charge in [-0.15, -0.1) is 16.4 Å². The predicted molar refractivity (Wildman–Crippen MR) is 308 cm³/mol. The topological polar surface area (TPSA) is 212 Å². The van der Waals surface area contributed by atoms with Gasteiger partial charge in [0.1, 0.15) is 58.5 Å². The van der Waals surface area contributed by atoms with Gasteiger partial charge in [0.25, 0.3) is 0 Å². The Morgan fingerprint density at radius 1 is 1.02 bits per heavy atom. The zero-order valence-corrected chi connectivity index (χ0v) is 46.8. The molecule has 21 heteroatoms. The molecule has 4 saturated heterocycles. The van der Waals surface area contributed by atoms with Crippen LogP contribution in [0.5, 0.6) is 11.8 Å². The number of anilines is 2. The summed E-state index contributed by atoms with van der Waals surface area (Å²) in [4.78, 5) is 42.1. The van der Waals surface area contributed by atoms with Crippen LogP contribution in [0, 0.1) is 28.9 Å². The van der Waals surface area contributed by atoms with Crippen molar-refractivity contribution in [2.75, 3.05) is 43.5 Å². The second kappa shape index (κ2) is 23.7. The number of hydrogen-bond donors (Lipinski definition) is 3. The summed E-state index contributed by atoms with van der Waals surface area (Å²) in [5.74, 6) is 0.298. The number of hydrogen-bond acceptors (Lipinski definition) is 15. The molecule has 0 spiro atoms. The van der Waals surface area contributed by atoms with E-state index in [2.05, 4.69) is 43.8 Å². The Morgan fingerprint density at radius 2 is 1.80 bits per heavy atom. The first kappa shape index (κ1) is 55.1.